The molecule has 0 saturated heterocycles. The SMILES string of the molecule is N=c1oc2ccc([N+](=O)[O-])cc2cc1-c1nc2ccccc2[nH]1. The summed E-state index contributed by atoms with van der Waals surface area (Å²) in [6.07, 6.45) is 0. The summed E-state index contributed by atoms with van der Waals surface area (Å²) in [5, 5.41) is 19.5. The van der Waals surface area contributed by atoms with Crippen molar-refractivity contribution >= 4 is 27.7 Å². The first-order valence-electron chi connectivity index (χ1n) is 6.84. The summed E-state index contributed by atoms with van der Waals surface area (Å²) in [6, 6.07) is 13.5. The van der Waals surface area contributed by atoms with Crippen molar-refractivity contribution < 1.29 is 9.34 Å². The molecule has 23 heavy (non-hydrogen) atoms. The lowest BCUT2D eigenvalue weighted by Gasteiger charge is -2.01. The molecule has 4 aromatic rings. The van der Waals surface area contributed by atoms with Crippen molar-refractivity contribution in [2.75, 3.05) is 0 Å². The fourth-order valence-corrected chi connectivity index (χ4v) is 2.50. The molecular formula is C16H10N4O3. The van der Waals surface area contributed by atoms with E-state index in [4.69, 9.17) is 9.83 Å². The zero-order valence-electron chi connectivity index (χ0n) is 11.7. The molecule has 4 rings (SSSR count). The summed E-state index contributed by atoms with van der Waals surface area (Å²) in [7, 11) is 0. The minimum atomic E-state index is -0.463. The molecule has 0 atom stereocenters. The summed E-state index contributed by atoms with van der Waals surface area (Å²) in [5.41, 5.74) is 2.42. The fraction of sp³-hybridized carbons (Fsp3) is 0. The first kappa shape index (κ1) is 13.2. The molecule has 0 bridgehead atoms. The number of non-ortho nitro benzene ring substituents is 1. The van der Waals surface area contributed by atoms with Crippen molar-refractivity contribution in [1.29, 1.82) is 5.41 Å². The van der Waals surface area contributed by atoms with Crippen molar-refractivity contribution in [3.05, 3.63) is 64.2 Å². The molecule has 7 heteroatoms. The van der Waals surface area contributed by atoms with Crippen LogP contribution < -0.4 is 5.55 Å². The predicted octanol–water partition coefficient (Wildman–Crippen LogP) is 3.36. The Bertz CT molecular complexity index is 1090. The standard InChI is InChI=1S/C16H10N4O3/c17-15-11(16-18-12-3-1-2-4-13(12)19-16)8-9-7-10(20(21)22)5-6-14(9)23-15/h1-8,17H,(H,18,19). The van der Waals surface area contributed by atoms with Crippen LogP contribution in [0.1, 0.15) is 0 Å². The molecule has 0 amide bonds. The Morgan fingerprint density at radius 1 is 1.17 bits per heavy atom. The second-order valence-corrected chi connectivity index (χ2v) is 5.07. The topological polar surface area (TPSA) is 109 Å². The lowest BCUT2D eigenvalue weighted by molar-refractivity contribution is -0.384. The van der Waals surface area contributed by atoms with Gasteiger partial charge < -0.3 is 9.40 Å². The molecular weight excluding hydrogens is 296 g/mol. The third-order valence-electron chi connectivity index (χ3n) is 3.61. The van der Waals surface area contributed by atoms with Crippen LogP contribution in [0.3, 0.4) is 0 Å². The summed E-state index contributed by atoms with van der Waals surface area (Å²) in [6.45, 7) is 0. The fourth-order valence-electron chi connectivity index (χ4n) is 2.50. The maximum atomic E-state index is 10.9. The van der Waals surface area contributed by atoms with Gasteiger partial charge in [-0.05, 0) is 24.3 Å². The molecule has 0 fully saturated rings. The van der Waals surface area contributed by atoms with E-state index in [0.29, 0.717) is 22.4 Å². The monoisotopic (exact) mass is 306 g/mol. The van der Waals surface area contributed by atoms with Crippen LogP contribution in [0, 0.1) is 15.5 Å². The highest BCUT2D eigenvalue weighted by molar-refractivity contribution is 5.84. The van der Waals surface area contributed by atoms with Gasteiger partial charge >= 0.3 is 0 Å². The molecule has 2 heterocycles. The van der Waals surface area contributed by atoms with E-state index in [-0.39, 0.29) is 11.2 Å². The first-order chi connectivity index (χ1) is 11.1. The van der Waals surface area contributed by atoms with E-state index in [1.807, 2.05) is 24.3 Å². The van der Waals surface area contributed by atoms with Gasteiger partial charge in [0.05, 0.1) is 21.5 Å². The third-order valence-corrected chi connectivity index (χ3v) is 3.61. The molecule has 2 N–H and O–H groups in total. The largest absolute Gasteiger partial charge is 0.438 e. The van der Waals surface area contributed by atoms with Gasteiger partial charge in [-0.25, -0.2) is 4.98 Å². The van der Waals surface area contributed by atoms with Crippen molar-refractivity contribution in [3.8, 4) is 11.4 Å². The summed E-state index contributed by atoms with van der Waals surface area (Å²) < 4.78 is 5.46. The van der Waals surface area contributed by atoms with E-state index in [1.54, 1.807) is 6.07 Å². The summed E-state index contributed by atoms with van der Waals surface area (Å²) >= 11 is 0. The number of H-pyrrole nitrogens is 1. The van der Waals surface area contributed by atoms with Gasteiger partial charge in [-0.1, -0.05) is 12.1 Å². The Morgan fingerprint density at radius 3 is 2.78 bits per heavy atom. The molecule has 0 saturated carbocycles. The molecule has 0 aliphatic rings. The van der Waals surface area contributed by atoms with Gasteiger partial charge in [0.1, 0.15) is 11.4 Å². The number of imidazole rings is 1. The third kappa shape index (κ3) is 2.15. The number of rotatable bonds is 2. The quantitative estimate of drug-likeness (QED) is 0.437. The number of hydrogen-bond acceptors (Lipinski definition) is 5. The van der Waals surface area contributed by atoms with Crippen LogP contribution in [0.2, 0.25) is 0 Å². The van der Waals surface area contributed by atoms with Crippen molar-refractivity contribution in [3.63, 3.8) is 0 Å². The van der Waals surface area contributed by atoms with E-state index in [1.165, 1.54) is 18.2 Å². The van der Waals surface area contributed by atoms with E-state index in [9.17, 15) is 10.1 Å². The maximum Gasteiger partial charge on any atom is 0.270 e. The second-order valence-electron chi connectivity index (χ2n) is 5.07. The highest BCUT2D eigenvalue weighted by Crippen LogP contribution is 2.24. The molecule has 0 radical (unpaired) electrons. The Hall–Kier alpha value is -3.48. The van der Waals surface area contributed by atoms with Crippen LogP contribution in [0.5, 0.6) is 0 Å². The first-order valence-corrected chi connectivity index (χ1v) is 6.84. The van der Waals surface area contributed by atoms with Gasteiger partial charge in [0.2, 0.25) is 5.55 Å². The van der Waals surface area contributed by atoms with E-state index in [0.717, 1.165) is 11.0 Å². The van der Waals surface area contributed by atoms with Crippen LogP contribution in [0.15, 0.2) is 52.9 Å². The van der Waals surface area contributed by atoms with Gasteiger partial charge in [-0.15, -0.1) is 0 Å². The highest BCUT2D eigenvalue weighted by Gasteiger charge is 2.12. The number of para-hydroxylation sites is 2. The van der Waals surface area contributed by atoms with Crippen molar-refractivity contribution in [2.45, 2.75) is 0 Å². The number of nitro groups is 1. The smallest absolute Gasteiger partial charge is 0.270 e. The van der Waals surface area contributed by atoms with Gasteiger partial charge in [0, 0.05) is 17.5 Å². The van der Waals surface area contributed by atoms with Crippen molar-refractivity contribution in [2.24, 2.45) is 0 Å². The van der Waals surface area contributed by atoms with E-state index >= 15 is 0 Å². The van der Waals surface area contributed by atoms with Crippen molar-refractivity contribution in [1.82, 2.24) is 9.97 Å². The highest BCUT2D eigenvalue weighted by atomic mass is 16.6. The second kappa shape index (κ2) is 4.77. The number of aromatic nitrogens is 2. The lowest BCUT2D eigenvalue weighted by atomic mass is 10.1. The molecule has 0 aliphatic carbocycles. The number of nitro benzene ring substituents is 1. The zero-order valence-corrected chi connectivity index (χ0v) is 11.7. The number of benzene rings is 2. The van der Waals surface area contributed by atoms with Crippen LogP contribution in [-0.2, 0) is 0 Å². The number of aromatic amines is 1. The molecule has 2 aromatic carbocycles. The molecule has 0 unspecified atom stereocenters. The number of fused-ring (bicyclic) bond motifs is 2. The molecule has 112 valence electrons. The number of nitrogens with zero attached hydrogens (tertiary/aromatic N) is 2. The summed E-state index contributed by atoms with van der Waals surface area (Å²) in [5.74, 6) is 0.494. The van der Waals surface area contributed by atoms with Crippen LogP contribution >= 0.6 is 0 Å². The van der Waals surface area contributed by atoms with E-state index < -0.39 is 4.92 Å². The maximum absolute atomic E-state index is 10.9. The molecule has 0 aliphatic heterocycles. The van der Waals surface area contributed by atoms with Crippen LogP contribution in [0.4, 0.5) is 5.69 Å². The Kier molecular flexibility index (Phi) is 2.74. The Morgan fingerprint density at radius 2 is 2.00 bits per heavy atom. The average molecular weight is 306 g/mol. The number of nitrogens with one attached hydrogen (secondary N) is 2. The van der Waals surface area contributed by atoms with Gasteiger partial charge in [-0.3, -0.25) is 15.5 Å². The lowest BCUT2D eigenvalue weighted by Crippen LogP contribution is -2.04. The average Bonchev–Trinajstić information content (AvgIpc) is 2.97. The predicted molar refractivity (Wildman–Crippen MR) is 83.8 cm³/mol. The molecule has 2 aromatic heterocycles. The summed E-state index contributed by atoms with van der Waals surface area (Å²) in [4.78, 5) is 18.0. The normalized spacial score (nSPS) is 11.1. The zero-order chi connectivity index (χ0) is 16.0. The van der Waals surface area contributed by atoms with Crippen LogP contribution in [-0.4, -0.2) is 14.9 Å². The van der Waals surface area contributed by atoms with Crippen LogP contribution in [0.25, 0.3) is 33.4 Å². The Labute approximate surface area is 128 Å². The van der Waals surface area contributed by atoms with E-state index in [2.05, 4.69) is 9.97 Å². The minimum absolute atomic E-state index is 0.0269. The minimum Gasteiger partial charge on any atom is -0.438 e. The molecule has 7 nitrogen and oxygen atoms in total. The Balaban J connectivity index is 1.96. The van der Waals surface area contributed by atoms with Gasteiger partial charge in [0.25, 0.3) is 5.69 Å². The van der Waals surface area contributed by atoms with Gasteiger partial charge in [0.15, 0.2) is 0 Å². The number of hydrogen-bond donors (Lipinski definition) is 2. The van der Waals surface area contributed by atoms with Gasteiger partial charge in [-0.2, -0.15) is 0 Å². The molecule has 0 spiro atoms.